The van der Waals surface area contributed by atoms with E-state index in [1.165, 1.54) is 0 Å². The molecule has 2 unspecified atom stereocenters. The summed E-state index contributed by atoms with van der Waals surface area (Å²) in [6, 6.07) is 0.141. The summed E-state index contributed by atoms with van der Waals surface area (Å²) in [4.78, 5) is 25.5. The molecule has 2 saturated heterocycles. The molecule has 0 aliphatic carbocycles. The first-order valence-electron chi connectivity index (χ1n) is 9.51. The summed E-state index contributed by atoms with van der Waals surface area (Å²) < 4.78 is 5.93. The van der Waals surface area contributed by atoms with Crippen molar-refractivity contribution >= 4 is 34.8 Å². The molecule has 27 heavy (non-hydrogen) atoms. The third-order valence-electron chi connectivity index (χ3n) is 4.68. The van der Waals surface area contributed by atoms with Crippen LogP contribution in [-0.2, 0) is 9.53 Å². The van der Waals surface area contributed by atoms with Gasteiger partial charge in [-0.25, -0.2) is 0 Å². The highest BCUT2D eigenvalue weighted by atomic mass is 35.5. The second-order valence-electron chi connectivity index (χ2n) is 7.80. The van der Waals surface area contributed by atoms with Gasteiger partial charge in [0, 0.05) is 32.1 Å². The molecule has 2 atom stereocenters. The molecule has 0 spiro atoms. The molecular weight excluding hydrogens is 368 g/mol. The van der Waals surface area contributed by atoms with Gasteiger partial charge in [0.15, 0.2) is 11.6 Å². The third-order valence-corrected chi connectivity index (χ3v) is 4.85. The maximum Gasteiger partial charge on any atom is 0.226 e. The maximum absolute atomic E-state index is 12.5. The van der Waals surface area contributed by atoms with Gasteiger partial charge < -0.3 is 25.2 Å². The molecule has 1 amide bonds. The zero-order valence-electron chi connectivity index (χ0n) is 16.5. The van der Waals surface area contributed by atoms with Gasteiger partial charge in [-0.15, -0.1) is 0 Å². The summed E-state index contributed by atoms with van der Waals surface area (Å²) >= 11 is 6.21. The molecule has 0 saturated carbocycles. The minimum absolute atomic E-state index is 0.0705. The van der Waals surface area contributed by atoms with Crippen LogP contribution in [0.5, 0.6) is 0 Å². The van der Waals surface area contributed by atoms with E-state index in [9.17, 15) is 4.79 Å². The molecule has 3 heterocycles. The topological polar surface area (TPSA) is 82.6 Å². The quantitative estimate of drug-likeness (QED) is 0.683. The first-order valence-corrected chi connectivity index (χ1v) is 9.88. The minimum Gasteiger partial charge on any atom is -0.371 e. The number of nitrogens with zero attached hydrogens (tertiary/aromatic N) is 4. The van der Waals surface area contributed by atoms with Crippen LogP contribution >= 0.6 is 11.6 Å². The van der Waals surface area contributed by atoms with Crippen molar-refractivity contribution < 1.29 is 9.53 Å². The van der Waals surface area contributed by atoms with E-state index in [0.29, 0.717) is 30.3 Å². The lowest BCUT2D eigenvalue weighted by Crippen LogP contribution is -2.43. The fourth-order valence-electron chi connectivity index (χ4n) is 3.46. The van der Waals surface area contributed by atoms with Crippen LogP contribution in [-0.4, -0.2) is 72.8 Å². The smallest absolute Gasteiger partial charge is 0.226 e. The van der Waals surface area contributed by atoms with Crippen molar-refractivity contribution in [3.63, 3.8) is 0 Å². The summed E-state index contributed by atoms with van der Waals surface area (Å²) in [6.45, 7) is 6.19. The highest BCUT2D eigenvalue weighted by molar-refractivity contribution is 6.28. The second-order valence-corrected chi connectivity index (χ2v) is 8.14. The molecule has 150 valence electrons. The van der Waals surface area contributed by atoms with Crippen molar-refractivity contribution in [1.29, 1.82) is 0 Å². The molecule has 9 heteroatoms. The Kier molecular flexibility index (Phi) is 6.39. The van der Waals surface area contributed by atoms with Crippen LogP contribution in [0.4, 0.5) is 17.3 Å². The number of nitrogens with one attached hydrogen (secondary N) is 2. The molecular formula is C18H29ClN6O2. The number of hydrogen-bond donors (Lipinski definition) is 2. The molecule has 1 aromatic heterocycles. The number of rotatable bonds is 7. The summed E-state index contributed by atoms with van der Waals surface area (Å²) in [5, 5.41) is 6.47. The maximum atomic E-state index is 12.5. The molecule has 2 aliphatic rings. The number of fused-ring (bicyclic) bond motifs is 2. The van der Waals surface area contributed by atoms with E-state index in [-0.39, 0.29) is 29.4 Å². The number of aromatic nitrogens is 2. The van der Waals surface area contributed by atoms with E-state index < -0.39 is 0 Å². The van der Waals surface area contributed by atoms with Crippen LogP contribution in [0.2, 0.25) is 5.28 Å². The van der Waals surface area contributed by atoms with Crippen LogP contribution in [0.3, 0.4) is 0 Å². The van der Waals surface area contributed by atoms with Gasteiger partial charge in [-0.05, 0) is 52.4 Å². The zero-order chi connectivity index (χ0) is 19.6. The third kappa shape index (κ3) is 5.21. The molecule has 3 rings (SSSR count). The molecule has 8 nitrogen and oxygen atoms in total. The molecule has 2 N–H and O–H groups in total. The van der Waals surface area contributed by atoms with Crippen LogP contribution in [0.25, 0.3) is 0 Å². The number of ether oxygens (including phenoxy) is 1. The van der Waals surface area contributed by atoms with Gasteiger partial charge in [0.1, 0.15) is 5.69 Å². The fourth-order valence-corrected chi connectivity index (χ4v) is 3.62. The van der Waals surface area contributed by atoms with Gasteiger partial charge in [-0.1, -0.05) is 0 Å². The van der Waals surface area contributed by atoms with Crippen molar-refractivity contribution in [1.82, 2.24) is 14.9 Å². The van der Waals surface area contributed by atoms with Gasteiger partial charge in [0.25, 0.3) is 0 Å². The Hall–Kier alpha value is -1.64. The first kappa shape index (κ1) is 20.1. The fraction of sp³-hybridized carbons (Fsp3) is 0.722. The van der Waals surface area contributed by atoms with E-state index in [4.69, 9.17) is 16.3 Å². The van der Waals surface area contributed by atoms with Crippen LogP contribution < -0.4 is 15.5 Å². The number of halogens is 1. The van der Waals surface area contributed by atoms with Gasteiger partial charge in [-0.3, -0.25) is 4.79 Å². The zero-order valence-corrected chi connectivity index (χ0v) is 17.2. The first-order chi connectivity index (χ1) is 12.8. The summed E-state index contributed by atoms with van der Waals surface area (Å²) in [5.74, 6) is 1.15. The largest absolute Gasteiger partial charge is 0.371 e. The summed E-state index contributed by atoms with van der Waals surface area (Å²) in [6.07, 6.45) is 2.92. The monoisotopic (exact) mass is 396 g/mol. The van der Waals surface area contributed by atoms with E-state index in [0.717, 1.165) is 25.9 Å². The van der Waals surface area contributed by atoms with E-state index in [2.05, 4.69) is 25.5 Å². The number of hydrogen-bond acceptors (Lipinski definition) is 7. The normalized spacial score (nSPS) is 21.8. The molecule has 0 aromatic carbocycles. The lowest BCUT2D eigenvalue weighted by molar-refractivity contribution is -0.116. The Morgan fingerprint density at radius 1 is 1.30 bits per heavy atom. The Morgan fingerprint density at radius 2 is 1.96 bits per heavy atom. The Bertz CT molecular complexity index is 672. The molecule has 2 fully saturated rings. The number of morpholine rings is 1. The van der Waals surface area contributed by atoms with Crippen molar-refractivity contribution in [2.24, 2.45) is 0 Å². The molecule has 1 aromatic rings. The van der Waals surface area contributed by atoms with Crippen molar-refractivity contribution in [2.75, 3.05) is 49.3 Å². The van der Waals surface area contributed by atoms with Gasteiger partial charge in [0.05, 0.1) is 12.2 Å². The molecule has 2 aliphatic heterocycles. The Morgan fingerprint density at radius 3 is 2.56 bits per heavy atom. The number of anilines is 3. The van der Waals surface area contributed by atoms with Gasteiger partial charge in [0.2, 0.25) is 11.2 Å². The second kappa shape index (κ2) is 8.58. The van der Waals surface area contributed by atoms with E-state index in [1.807, 2.05) is 32.8 Å². The van der Waals surface area contributed by atoms with E-state index in [1.54, 1.807) is 0 Å². The lowest BCUT2D eigenvalue weighted by atomic mass is 10.2. The van der Waals surface area contributed by atoms with Crippen LogP contribution in [0.15, 0.2) is 0 Å². The number of carbonyl (C=O) groups is 1. The highest BCUT2D eigenvalue weighted by Crippen LogP contribution is 2.36. The molecule has 2 bridgehead atoms. The lowest BCUT2D eigenvalue weighted by Gasteiger charge is -2.34. The minimum atomic E-state index is -0.0705. The Balaban J connectivity index is 1.90. The SMILES string of the molecule is CC(C)Nc1nc(Cl)nc(N2CC3CCC(C2)O3)c1NC(=O)CCN(C)C. The number of amides is 1. The van der Waals surface area contributed by atoms with Crippen LogP contribution in [0.1, 0.15) is 33.1 Å². The number of carbonyl (C=O) groups excluding carboxylic acids is 1. The van der Waals surface area contributed by atoms with Crippen LogP contribution in [0, 0.1) is 0 Å². The highest BCUT2D eigenvalue weighted by Gasteiger charge is 2.36. The van der Waals surface area contributed by atoms with Crippen molar-refractivity contribution in [3.05, 3.63) is 5.28 Å². The summed E-state index contributed by atoms with van der Waals surface area (Å²) in [7, 11) is 3.89. The van der Waals surface area contributed by atoms with Crippen molar-refractivity contribution in [3.8, 4) is 0 Å². The predicted molar refractivity (Wildman–Crippen MR) is 108 cm³/mol. The van der Waals surface area contributed by atoms with Crippen molar-refractivity contribution in [2.45, 2.75) is 51.4 Å². The molecule has 0 radical (unpaired) electrons. The van der Waals surface area contributed by atoms with Gasteiger partial charge >= 0.3 is 0 Å². The summed E-state index contributed by atoms with van der Waals surface area (Å²) in [5.41, 5.74) is 0.596. The average Bonchev–Trinajstić information content (AvgIpc) is 2.92. The Labute approximate surface area is 165 Å². The average molecular weight is 397 g/mol. The standard InChI is InChI=1S/C18H29ClN6O2/c1-11(2)20-16-15(21-14(26)7-8-24(3)4)17(23-18(19)22-16)25-9-12-5-6-13(10-25)27-12/h11-13H,5-10H2,1-4H3,(H,21,26)(H,20,22,23). The van der Waals surface area contributed by atoms with Gasteiger partial charge in [-0.2, -0.15) is 9.97 Å². The van der Waals surface area contributed by atoms with E-state index >= 15 is 0 Å². The predicted octanol–water partition coefficient (Wildman–Crippen LogP) is 2.21.